The average molecular weight is 435 g/mol. The number of carbonyl (C=O) groups is 1. The van der Waals surface area contributed by atoms with E-state index in [4.69, 9.17) is 4.74 Å². The van der Waals surface area contributed by atoms with Crippen molar-refractivity contribution in [1.82, 2.24) is 24.2 Å². The van der Waals surface area contributed by atoms with Gasteiger partial charge in [-0.05, 0) is 42.0 Å². The Morgan fingerprint density at radius 2 is 1.88 bits per heavy atom. The molecule has 2 aliphatic rings. The summed E-state index contributed by atoms with van der Waals surface area (Å²) in [6, 6.07) is 9.13. The minimum atomic E-state index is -0.610. The highest BCUT2D eigenvalue weighted by molar-refractivity contribution is 5.94. The molecule has 1 saturated heterocycles. The lowest BCUT2D eigenvalue weighted by molar-refractivity contribution is 0.0575. The Balaban J connectivity index is 1.33. The fourth-order valence-electron chi connectivity index (χ4n) is 4.77. The molecule has 1 N–H and O–H groups in total. The van der Waals surface area contributed by atoms with Gasteiger partial charge < -0.3 is 14.6 Å². The van der Waals surface area contributed by atoms with Gasteiger partial charge in [-0.1, -0.05) is 12.1 Å². The fraction of sp³-hybridized carbons (Fsp3) is 0.391. The zero-order valence-corrected chi connectivity index (χ0v) is 17.9. The van der Waals surface area contributed by atoms with Gasteiger partial charge in [-0.25, -0.2) is 4.68 Å². The molecule has 0 aliphatic carbocycles. The zero-order chi connectivity index (χ0) is 22.3. The number of rotatable bonds is 4. The molecule has 9 nitrogen and oxygen atoms in total. The quantitative estimate of drug-likeness (QED) is 0.622. The average Bonchev–Trinajstić information content (AvgIpc) is 3.47. The third kappa shape index (κ3) is 3.53. The van der Waals surface area contributed by atoms with Gasteiger partial charge in [0, 0.05) is 38.4 Å². The van der Waals surface area contributed by atoms with Crippen LogP contribution in [-0.4, -0.2) is 50.3 Å². The molecule has 1 spiro atoms. The van der Waals surface area contributed by atoms with Gasteiger partial charge in [0.1, 0.15) is 11.6 Å². The summed E-state index contributed by atoms with van der Waals surface area (Å²) in [6.07, 6.45) is 5.64. The number of aromatic amines is 1. The summed E-state index contributed by atoms with van der Waals surface area (Å²) in [5, 5.41) is 4.55. The number of benzene rings is 1. The predicted molar refractivity (Wildman–Crippen MR) is 117 cm³/mol. The maximum atomic E-state index is 12.8. The van der Waals surface area contributed by atoms with Crippen LogP contribution in [0.15, 0.2) is 52.3 Å². The van der Waals surface area contributed by atoms with Gasteiger partial charge in [0.2, 0.25) is 0 Å². The molecule has 1 aromatic carbocycles. The largest absolute Gasteiger partial charge is 0.497 e. The van der Waals surface area contributed by atoms with Crippen molar-refractivity contribution in [3.05, 3.63) is 80.4 Å². The number of hydrogen-bond acceptors (Lipinski definition) is 5. The first-order valence-electron chi connectivity index (χ1n) is 10.7. The highest BCUT2D eigenvalue weighted by Crippen LogP contribution is 2.40. The van der Waals surface area contributed by atoms with Gasteiger partial charge in [0.05, 0.1) is 19.2 Å². The summed E-state index contributed by atoms with van der Waals surface area (Å²) >= 11 is 0. The normalized spacial score (nSPS) is 16.8. The van der Waals surface area contributed by atoms with Crippen LogP contribution >= 0.6 is 0 Å². The molecule has 1 fully saturated rings. The lowest BCUT2D eigenvalue weighted by Crippen LogP contribution is -2.45. The van der Waals surface area contributed by atoms with Crippen molar-refractivity contribution in [2.45, 2.75) is 32.4 Å². The predicted octanol–water partition coefficient (Wildman–Crippen LogP) is 1.27. The number of hydrogen-bond donors (Lipinski definition) is 1. The highest BCUT2D eigenvalue weighted by atomic mass is 16.5. The fourth-order valence-corrected chi connectivity index (χ4v) is 4.77. The Labute approximate surface area is 184 Å². The Hall–Kier alpha value is -3.62. The summed E-state index contributed by atoms with van der Waals surface area (Å²) in [6.45, 7) is 1.97. The summed E-state index contributed by atoms with van der Waals surface area (Å²) in [7, 11) is 1.60. The van der Waals surface area contributed by atoms with E-state index in [1.807, 2.05) is 29.2 Å². The Bertz CT molecular complexity index is 1250. The molecule has 4 heterocycles. The smallest absolute Gasteiger partial charge is 0.332 e. The van der Waals surface area contributed by atoms with Gasteiger partial charge in [-0.15, -0.1) is 0 Å². The molecule has 0 radical (unpaired) electrons. The van der Waals surface area contributed by atoms with Crippen LogP contribution in [0.25, 0.3) is 0 Å². The number of likely N-dealkylation sites (tertiary alicyclic amines) is 1. The molecule has 0 unspecified atom stereocenters. The van der Waals surface area contributed by atoms with E-state index in [1.54, 1.807) is 25.6 Å². The second kappa shape index (κ2) is 7.81. The van der Waals surface area contributed by atoms with E-state index < -0.39 is 11.1 Å². The molecule has 166 valence electrons. The van der Waals surface area contributed by atoms with Crippen molar-refractivity contribution in [3.63, 3.8) is 0 Å². The van der Waals surface area contributed by atoms with Gasteiger partial charge in [0.25, 0.3) is 5.91 Å². The van der Waals surface area contributed by atoms with E-state index in [9.17, 15) is 14.4 Å². The monoisotopic (exact) mass is 435 g/mol. The van der Waals surface area contributed by atoms with E-state index in [2.05, 4.69) is 10.1 Å². The molecule has 1 amide bonds. The lowest BCUT2D eigenvalue weighted by Gasteiger charge is -2.38. The molecule has 2 aliphatic heterocycles. The summed E-state index contributed by atoms with van der Waals surface area (Å²) in [4.78, 5) is 42.9. The highest BCUT2D eigenvalue weighted by Gasteiger charge is 2.43. The first kappa shape index (κ1) is 20.3. The molecule has 9 heteroatoms. The molecular formula is C23H25N5O4. The van der Waals surface area contributed by atoms with Crippen LogP contribution in [0.1, 0.15) is 34.6 Å². The maximum absolute atomic E-state index is 12.8. The number of fused-ring (bicyclic) bond motifs is 1. The number of aromatic nitrogens is 4. The number of methoxy groups -OCH3 is 1. The first-order valence-corrected chi connectivity index (χ1v) is 10.7. The zero-order valence-electron chi connectivity index (χ0n) is 17.9. The number of amides is 1. The molecule has 3 aromatic rings. The summed E-state index contributed by atoms with van der Waals surface area (Å²) in [5.74, 6) is 1.39. The minimum Gasteiger partial charge on any atom is -0.497 e. The van der Waals surface area contributed by atoms with E-state index in [0.717, 1.165) is 24.2 Å². The first-order chi connectivity index (χ1) is 15.5. The number of carbonyl (C=O) groups excluding carboxylic acids is 1. The van der Waals surface area contributed by atoms with Gasteiger partial charge in [-0.2, -0.15) is 5.10 Å². The van der Waals surface area contributed by atoms with E-state index in [-0.39, 0.29) is 17.9 Å². The van der Waals surface area contributed by atoms with Crippen LogP contribution in [0.5, 0.6) is 5.75 Å². The molecule has 0 saturated carbocycles. The molecular weight excluding hydrogens is 410 g/mol. The molecule has 2 aromatic heterocycles. The van der Waals surface area contributed by atoms with Crippen molar-refractivity contribution in [2.75, 3.05) is 20.2 Å². The summed E-state index contributed by atoms with van der Waals surface area (Å²) < 4.78 is 7.97. The number of H-pyrrole nitrogens is 1. The molecule has 0 bridgehead atoms. The standard InChI is InChI=1S/C23H25N5O4/c1-32-18-4-2-16(3-5-18)14-28-22(31)21(30)27-15-23(12-19(27)25-28)7-10-26(11-8-23)20(29)17-6-9-24-13-17/h2-6,9,13,24H,7-8,10-12,14-15H2,1H3. The number of ether oxygens (including phenoxy) is 1. The molecule has 5 rings (SSSR count). The Morgan fingerprint density at radius 1 is 1.12 bits per heavy atom. The third-order valence-electron chi connectivity index (χ3n) is 6.68. The van der Waals surface area contributed by atoms with Crippen LogP contribution in [0, 0.1) is 5.41 Å². The van der Waals surface area contributed by atoms with Crippen LogP contribution in [-0.2, 0) is 19.5 Å². The van der Waals surface area contributed by atoms with Crippen LogP contribution in [0.2, 0.25) is 0 Å². The van der Waals surface area contributed by atoms with E-state index >= 15 is 0 Å². The second-order valence-electron chi connectivity index (χ2n) is 8.69. The van der Waals surface area contributed by atoms with Crippen LogP contribution < -0.4 is 15.9 Å². The van der Waals surface area contributed by atoms with Crippen molar-refractivity contribution in [2.24, 2.45) is 5.41 Å². The van der Waals surface area contributed by atoms with Crippen LogP contribution in [0.4, 0.5) is 0 Å². The third-order valence-corrected chi connectivity index (χ3v) is 6.68. The van der Waals surface area contributed by atoms with Gasteiger partial charge >= 0.3 is 11.1 Å². The Kier molecular flexibility index (Phi) is 4.96. The van der Waals surface area contributed by atoms with Crippen molar-refractivity contribution in [1.29, 1.82) is 0 Å². The van der Waals surface area contributed by atoms with E-state index in [0.29, 0.717) is 37.4 Å². The topological polar surface area (TPSA) is 102 Å². The summed E-state index contributed by atoms with van der Waals surface area (Å²) in [5.41, 5.74) is 0.255. The number of nitrogens with one attached hydrogen (secondary N) is 1. The van der Waals surface area contributed by atoms with Crippen molar-refractivity contribution < 1.29 is 9.53 Å². The lowest BCUT2D eigenvalue weighted by atomic mass is 9.77. The van der Waals surface area contributed by atoms with Crippen LogP contribution in [0.3, 0.4) is 0 Å². The van der Waals surface area contributed by atoms with Gasteiger partial charge in [-0.3, -0.25) is 19.0 Å². The number of nitrogens with zero attached hydrogens (tertiary/aromatic N) is 4. The van der Waals surface area contributed by atoms with Gasteiger partial charge in [0.15, 0.2) is 0 Å². The van der Waals surface area contributed by atoms with E-state index in [1.165, 1.54) is 9.25 Å². The minimum absolute atomic E-state index is 0.0195. The SMILES string of the molecule is COc1ccc(Cn2nc3n(c(=O)c2=O)CC2(CCN(C(=O)c4cc[nH]c4)CC2)C3)cc1. The molecule has 0 atom stereocenters. The molecule has 32 heavy (non-hydrogen) atoms. The van der Waals surface area contributed by atoms with Crippen molar-refractivity contribution in [3.8, 4) is 5.75 Å². The second-order valence-corrected chi connectivity index (χ2v) is 8.69. The van der Waals surface area contributed by atoms with Crippen molar-refractivity contribution >= 4 is 5.91 Å². The Morgan fingerprint density at radius 3 is 2.53 bits per heavy atom. The number of piperidine rings is 1. The maximum Gasteiger partial charge on any atom is 0.332 e.